The number of carbonyl (C=O) groups is 2. The maximum absolute atomic E-state index is 12.7. The van der Waals surface area contributed by atoms with Gasteiger partial charge >= 0.3 is 12.0 Å². The number of urea groups is 1. The molecule has 2 atom stereocenters. The number of carboxylic acids is 1. The molecule has 0 aromatic rings. The molecule has 2 aliphatic heterocycles. The Morgan fingerprint density at radius 1 is 1.25 bits per heavy atom. The number of carboxylic acid groups (broad SMARTS) is 1. The Morgan fingerprint density at radius 2 is 1.80 bits per heavy atom. The number of aliphatic carboxylic acids is 1. The Balaban J connectivity index is 2.04. The van der Waals surface area contributed by atoms with Gasteiger partial charge in [-0.15, -0.1) is 0 Å². The van der Waals surface area contributed by atoms with Crippen LogP contribution in [0.15, 0.2) is 0 Å². The fraction of sp³-hybridized carbons (Fsp3) is 0.857. The number of hydrogen-bond acceptors (Lipinski definition) is 3. The van der Waals surface area contributed by atoms with E-state index in [0.29, 0.717) is 13.1 Å². The number of likely N-dealkylation sites (tertiary alicyclic amines) is 1. The Bertz CT molecular complexity index is 379. The van der Waals surface area contributed by atoms with Gasteiger partial charge in [-0.2, -0.15) is 0 Å². The molecule has 20 heavy (non-hydrogen) atoms. The molecule has 0 spiro atoms. The van der Waals surface area contributed by atoms with Crippen molar-refractivity contribution in [2.45, 2.75) is 57.8 Å². The third kappa shape index (κ3) is 3.42. The molecule has 2 saturated heterocycles. The van der Waals surface area contributed by atoms with E-state index in [1.165, 1.54) is 0 Å². The fourth-order valence-electron chi connectivity index (χ4n) is 2.87. The van der Waals surface area contributed by atoms with Crippen molar-refractivity contribution < 1.29 is 19.4 Å². The van der Waals surface area contributed by atoms with Gasteiger partial charge in [0.05, 0.1) is 18.6 Å². The van der Waals surface area contributed by atoms with Crippen LogP contribution in [0.4, 0.5) is 4.79 Å². The summed E-state index contributed by atoms with van der Waals surface area (Å²) in [5.74, 6) is -0.880. The van der Waals surface area contributed by atoms with E-state index in [0.717, 1.165) is 12.8 Å². The summed E-state index contributed by atoms with van der Waals surface area (Å²) in [5, 5.41) is 8.84. The van der Waals surface area contributed by atoms with E-state index in [1.54, 1.807) is 4.90 Å². The number of hydrogen-bond donors (Lipinski definition) is 1. The van der Waals surface area contributed by atoms with E-state index < -0.39 is 5.97 Å². The van der Waals surface area contributed by atoms with Crippen LogP contribution in [-0.2, 0) is 9.53 Å². The first-order valence-electron chi connectivity index (χ1n) is 7.21. The van der Waals surface area contributed by atoms with Crippen molar-refractivity contribution in [3.63, 3.8) is 0 Å². The van der Waals surface area contributed by atoms with Crippen molar-refractivity contribution in [3.8, 4) is 0 Å². The summed E-state index contributed by atoms with van der Waals surface area (Å²) in [6.45, 7) is 7.28. The summed E-state index contributed by atoms with van der Waals surface area (Å²) in [4.78, 5) is 26.9. The van der Waals surface area contributed by atoms with Crippen LogP contribution >= 0.6 is 0 Å². The molecule has 0 aliphatic carbocycles. The lowest BCUT2D eigenvalue weighted by molar-refractivity contribution is -0.137. The summed E-state index contributed by atoms with van der Waals surface area (Å²) >= 11 is 0. The monoisotopic (exact) mass is 284 g/mol. The number of amides is 2. The first-order valence-corrected chi connectivity index (χ1v) is 7.21. The zero-order valence-electron chi connectivity index (χ0n) is 12.5. The minimum atomic E-state index is -0.880. The van der Waals surface area contributed by atoms with Crippen molar-refractivity contribution in [3.05, 3.63) is 0 Å². The summed E-state index contributed by atoms with van der Waals surface area (Å²) < 4.78 is 5.73. The Kier molecular flexibility index (Phi) is 4.22. The highest BCUT2D eigenvalue weighted by Crippen LogP contribution is 2.28. The second kappa shape index (κ2) is 5.60. The topological polar surface area (TPSA) is 70.1 Å². The number of carbonyl (C=O) groups excluding carboxylic acids is 1. The van der Waals surface area contributed by atoms with Crippen molar-refractivity contribution in [2.75, 3.05) is 19.6 Å². The van der Waals surface area contributed by atoms with Crippen LogP contribution in [0.3, 0.4) is 0 Å². The highest BCUT2D eigenvalue weighted by molar-refractivity contribution is 5.76. The van der Waals surface area contributed by atoms with Gasteiger partial charge in [-0.1, -0.05) is 0 Å². The van der Waals surface area contributed by atoms with Gasteiger partial charge in [-0.05, 0) is 33.6 Å². The highest BCUT2D eigenvalue weighted by Gasteiger charge is 2.39. The third-order valence-electron chi connectivity index (χ3n) is 3.90. The van der Waals surface area contributed by atoms with Crippen LogP contribution in [0.5, 0.6) is 0 Å². The Hall–Kier alpha value is -1.30. The van der Waals surface area contributed by atoms with Crippen molar-refractivity contribution in [2.24, 2.45) is 0 Å². The predicted octanol–water partition coefficient (Wildman–Crippen LogP) is 1.54. The van der Waals surface area contributed by atoms with Crippen LogP contribution < -0.4 is 0 Å². The quantitative estimate of drug-likeness (QED) is 0.853. The molecule has 2 heterocycles. The standard InChI is InChI=1S/C14H24N2O4/c1-14(2,3)16(7-6-12(17)18)13(19)15-8-10-4-5-11(9-15)20-10/h10-11H,4-9H2,1-3H3,(H,17,18). The minimum Gasteiger partial charge on any atom is -0.481 e. The molecule has 2 bridgehead atoms. The van der Waals surface area contributed by atoms with E-state index in [-0.39, 0.29) is 36.7 Å². The summed E-state index contributed by atoms with van der Waals surface area (Å²) in [6, 6.07) is -0.0704. The van der Waals surface area contributed by atoms with Gasteiger partial charge in [0.25, 0.3) is 0 Å². The van der Waals surface area contributed by atoms with E-state index in [2.05, 4.69) is 0 Å². The average molecular weight is 284 g/mol. The number of fused-ring (bicyclic) bond motifs is 2. The normalized spacial score (nSPS) is 25.6. The van der Waals surface area contributed by atoms with E-state index in [9.17, 15) is 9.59 Å². The van der Waals surface area contributed by atoms with E-state index in [1.807, 2.05) is 25.7 Å². The van der Waals surface area contributed by atoms with Crippen LogP contribution in [-0.4, -0.2) is 64.3 Å². The van der Waals surface area contributed by atoms with Gasteiger partial charge in [0.2, 0.25) is 0 Å². The largest absolute Gasteiger partial charge is 0.481 e. The molecule has 2 fully saturated rings. The smallest absolute Gasteiger partial charge is 0.320 e. The summed E-state index contributed by atoms with van der Waals surface area (Å²) in [5.41, 5.74) is -0.385. The molecule has 0 aromatic heterocycles. The molecule has 6 heteroatoms. The van der Waals surface area contributed by atoms with Crippen molar-refractivity contribution in [1.82, 2.24) is 9.80 Å². The number of nitrogens with zero attached hydrogens (tertiary/aromatic N) is 2. The lowest BCUT2D eigenvalue weighted by atomic mass is 10.1. The van der Waals surface area contributed by atoms with Crippen LogP contribution in [0, 0.1) is 0 Å². The van der Waals surface area contributed by atoms with E-state index in [4.69, 9.17) is 9.84 Å². The number of morpholine rings is 1. The molecule has 2 aliphatic rings. The molecule has 2 rings (SSSR count). The van der Waals surface area contributed by atoms with Crippen LogP contribution in [0.2, 0.25) is 0 Å². The van der Waals surface area contributed by atoms with Gasteiger partial charge in [0.1, 0.15) is 0 Å². The van der Waals surface area contributed by atoms with Crippen LogP contribution in [0.25, 0.3) is 0 Å². The average Bonchev–Trinajstić information content (AvgIpc) is 2.66. The molecule has 114 valence electrons. The predicted molar refractivity (Wildman–Crippen MR) is 73.6 cm³/mol. The fourth-order valence-corrected chi connectivity index (χ4v) is 2.87. The zero-order chi connectivity index (χ0) is 14.9. The molecule has 6 nitrogen and oxygen atoms in total. The van der Waals surface area contributed by atoms with Gasteiger partial charge < -0.3 is 19.6 Å². The lowest BCUT2D eigenvalue weighted by Crippen LogP contribution is -2.56. The molecular weight excluding hydrogens is 260 g/mol. The number of rotatable bonds is 3. The molecule has 0 aromatic carbocycles. The minimum absolute atomic E-state index is 0.0276. The van der Waals surface area contributed by atoms with Gasteiger partial charge in [0.15, 0.2) is 0 Å². The van der Waals surface area contributed by atoms with Gasteiger partial charge in [0, 0.05) is 25.2 Å². The third-order valence-corrected chi connectivity index (χ3v) is 3.90. The van der Waals surface area contributed by atoms with Gasteiger partial charge in [-0.3, -0.25) is 4.79 Å². The van der Waals surface area contributed by atoms with Crippen molar-refractivity contribution >= 4 is 12.0 Å². The molecule has 1 N–H and O–H groups in total. The summed E-state index contributed by atoms with van der Waals surface area (Å²) in [6.07, 6.45) is 2.30. The highest BCUT2D eigenvalue weighted by atomic mass is 16.5. The first-order chi connectivity index (χ1) is 9.27. The molecule has 2 amide bonds. The maximum Gasteiger partial charge on any atom is 0.320 e. The van der Waals surface area contributed by atoms with E-state index >= 15 is 0 Å². The Labute approximate surface area is 119 Å². The second-order valence-corrected chi connectivity index (χ2v) is 6.61. The summed E-state index contributed by atoms with van der Waals surface area (Å²) in [7, 11) is 0. The SMILES string of the molecule is CC(C)(C)N(CCC(=O)O)C(=O)N1CC2CCC(C1)O2. The lowest BCUT2D eigenvalue weighted by Gasteiger charge is -2.41. The molecular formula is C14H24N2O4. The van der Waals surface area contributed by atoms with Gasteiger partial charge in [-0.25, -0.2) is 4.79 Å². The second-order valence-electron chi connectivity index (χ2n) is 6.61. The molecule has 2 unspecified atom stereocenters. The van der Waals surface area contributed by atoms with Crippen LogP contribution in [0.1, 0.15) is 40.0 Å². The van der Waals surface area contributed by atoms with Crippen molar-refractivity contribution in [1.29, 1.82) is 0 Å². The maximum atomic E-state index is 12.7. The molecule has 0 saturated carbocycles. The first kappa shape index (κ1) is 15.1. The number of ether oxygens (including phenoxy) is 1. The molecule has 0 radical (unpaired) electrons. The zero-order valence-corrected chi connectivity index (χ0v) is 12.5. The Morgan fingerprint density at radius 3 is 2.25 bits per heavy atom.